The molecule has 2 aromatic rings. The highest BCUT2D eigenvalue weighted by atomic mass is 32.1. The van der Waals surface area contributed by atoms with Gasteiger partial charge in [0, 0.05) is 12.2 Å². The van der Waals surface area contributed by atoms with E-state index in [-0.39, 0.29) is 5.89 Å². The van der Waals surface area contributed by atoms with E-state index in [2.05, 4.69) is 10.2 Å². The van der Waals surface area contributed by atoms with Gasteiger partial charge in [-0.05, 0) is 11.4 Å². The highest BCUT2D eigenvalue weighted by molar-refractivity contribution is 7.13. The zero-order valence-electron chi connectivity index (χ0n) is 7.45. The van der Waals surface area contributed by atoms with Crippen LogP contribution in [0, 0.1) is 0 Å². The van der Waals surface area contributed by atoms with Gasteiger partial charge >= 0.3 is 5.97 Å². The molecule has 2 rings (SSSR count). The Hall–Kier alpha value is -1.95. The Bertz CT molecular complexity index is 487. The molecule has 0 aliphatic rings. The Morgan fingerprint density at radius 2 is 2.40 bits per heavy atom. The molecular formula is C9H6N2O3S. The number of carboxylic acid groups (broad SMARTS) is 1. The van der Waals surface area contributed by atoms with E-state index < -0.39 is 5.97 Å². The molecule has 0 bridgehead atoms. The zero-order valence-corrected chi connectivity index (χ0v) is 8.27. The summed E-state index contributed by atoms with van der Waals surface area (Å²) in [6.07, 6.45) is 2.21. The largest absolute Gasteiger partial charge is 0.478 e. The SMILES string of the molecule is O=C(O)/C=C/c1nnc(-c2cccs2)o1. The lowest BCUT2D eigenvalue weighted by Crippen LogP contribution is -1.85. The lowest BCUT2D eigenvalue weighted by atomic mass is 10.5. The molecule has 2 aromatic heterocycles. The van der Waals surface area contributed by atoms with Crippen molar-refractivity contribution in [2.75, 3.05) is 0 Å². The van der Waals surface area contributed by atoms with E-state index in [9.17, 15) is 4.79 Å². The number of thiophene rings is 1. The molecule has 5 nitrogen and oxygen atoms in total. The van der Waals surface area contributed by atoms with Gasteiger partial charge in [-0.15, -0.1) is 21.5 Å². The van der Waals surface area contributed by atoms with E-state index >= 15 is 0 Å². The van der Waals surface area contributed by atoms with Crippen LogP contribution in [0.25, 0.3) is 16.8 Å². The number of carboxylic acids is 1. The van der Waals surface area contributed by atoms with E-state index in [0.29, 0.717) is 5.89 Å². The Morgan fingerprint density at radius 1 is 1.53 bits per heavy atom. The normalized spacial score (nSPS) is 10.9. The van der Waals surface area contributed by atoms with Gasteiger partial charge in [0.05, 0.1) is 4.88 Å². The molecule has 1 N–H and O–H groups in total. The molecule has 15 heavy (non-hydrogen) atoms. The molecule has 0 aliphatic heterocycles. The maximum atomic E-state index is 10.2. The third-order valence-corrected chi connectivity index (χ3v) is 2.40. The molecule has 0 spiro atoms. The summed E-state index contributed by atoms with van der Waals surface area (Å²) in [5.41, 5.74) is 0. The fourth-order valence-corrected chi connectivity index (χ4v) is 1.59. The van der Waals surface area contributed by atoms with Gasteiger partial charge in [-0.2, -0.15) is 0 Å². The summed E-state index contributed by atoms with van der Waals surface area (Å²) in [6.45, 7) is 0. The molecule has 2 heterocycles. The number of aliphatic carboxylic acids is 1. The van der Waals surface area contributed by atoms with Crippen molar-refractivity contribution in [2.45, 2.75) is 0 Å². The van der Waals surface area contributed by atoms with Gasteiger partial charge in [-0.3, -0.25) is 0 Å². The minimum atomic E-state index is -1.05. The number of hydrogen-bond donors (Lipinski definition) is 1. The van der Waals surface area contributed by atoms with Crippen LogP contribution in [-0.2, 0) is 4.79 Å². The van der Waals surface area contributed by atoms with Gasteiger partial charge in [0.25, 0.3) is 5.89 Å². The van der Waals surface area contributed by atoms with Crippen LogP contribution >= 0.6 is 11.3 Å². The predicted molar refractivity (Wildman–Crippen MR) is 54.3 cm³/mol. The van der Waals surface area contributed by atoms with E-state index in [4.69, 9.17) is 9.52 Å². The fraction of sp³-hybridized carbons (Fsp3) is 0. The predicted octanol–water partition coefficient (Wildman–Crippen LogP) is 1.90. The quantitative estimate of drug-likeness (QED) is 0.802. The van der Waals surface area contributed by atoms with Gasteiger partial charge in [0.2, 0.25) is 5.89 Å². The number of rotatable bonds is 3. The van der Waals surface area contributed by atoms with Crippen LogP contribution in [0.1, 0.15) is 5.89 Å². The van der Waals surface area contributed by atoms with Crippen molar-refractivity contribution in [3.8, 4) is 10.8 Å². The van der Waals surface area contributed by atoms with Crippen molar-refractivity contribution in [1.82, 2.24) is 10.2 Å². The van der Waals surface area contributed by atoms with Crippen molar-refractivity contribution < 1.29 is 14.3 Å². The van der Waals surface area contributed by atoms with E-state index in [0.717, 1.165) is 11.0 Å². The standard InChI is InChI=1S/C9H6N2O3S/c12-8(13)4-3-7-10-11-9(14-7)6-2-1-5-15-6/h1-5H,(H,12,13)/b4-3+. The minimum Gasteiger partial charge on any atom is -0.478 e. The number of hydrogen-bond acceptors (Lipinski definition) is 5. The molecule has 0 amide bonds. The number of nitrogens with zero attached hydrogens (tertiary/aromatic N) is 2. The van der Waals surface area contributed by atoms with Crippen LogP contribution in [0.5, 0.6) is 0 Å². The Labute approximate surface area is 88.7 Å². The molecule has 0 atom stereocenters. The first-order valence-electron chi connectivity index (χ1n) is 4.04. The third-order valence-electron chi connectivity index (χ3n) is 1.54. The maximum Gasteiger partial charge on any atom is 0.328 e. The number of carbonyl (C=O) groups is 1. The molecule has 0 fully saturated rings. The minimum absolute atomic E-state index is 0.181. The smallest absolute Gasteiger partial charge is 0.328 e. The second-order valence-corrected chi connectivity index (χ2v) is 3.54. The zero-order chi connectivity index (χ0) is 10.7. The molecule has 6 heteroatoms. The third kappa shape index (κ3) is 2.29. The first-order valence-corrected chi connectivity index (χ1v) is 4.92. The molecule has 0 saturated carbocycles. The summed E-state index contributed by atoms with van der Waals surface area (Å²) in [7, 11) is 0. The molecule has 0 aromatic carbocycles. The molecule has 0 unspecified atom stereocenters. The molecule has 76 valence electrons. The number of aromatic nitrogens is 2. The highest BCUT2D eigenvalue weighted by Crippen LogP contribution is 2.23. The van der Waals surface area contributed by atoms with Crippen molar-refractivity contribution in [2.24, 2.45) is 0 Å². The Balaban J connectivity index is 2.21. The van der Waals surface area contributed by atoms with Crippen molar-refractivity contribution in [1.29, 1.82) is 0 Å². The van der Waals surface area contributed by atoms with Crippen molar-refractivity contribution in [3.05, 3.63) is 29.5 Å². The summed E-state index contributed by atoms with van der Waals surface area (Å²) >= 11 is 1.48. The average molecular weight is 222 g/mol. The average Bonchev–Trinajstić information content (AvgIpc) is 2.85. The first kappa shape index (κ1) is 9.60. The van der Waals surface area contributed by atoms with Crippen LogP contribution in [0.4, 0.5) is 0 Å². The summed E-state index contributed by atoms with van der Waals surface area (Å²) < 4.78 is 5.22. The van der Waals surface area contributed by atoms with Crippen molar-refractivity contribution in [3.63, 3.8) is 0 Å². The Morgan fingerprint density at radius 3 is 3.07 bits per heavy atom. The summed E-state index contributed by atoms with van der Waals surface area (Å²) in [4.78, 5) is 11.1. The van der Waals surface area contributed by atoms with Gasteiger partial charge in [0.15, 0.2) is 0 Å². The maximum absolute atomic E-state index is 10.2. The first-order chi connectivity index (χ1) is 7.25. The van der Waals surface area contributed by atoms with Gasteiger partial charge < -0.3 is 9.52 Å². The van der Waals surface area contributed by atoms with Crippen LogP contribution in [-0.4, -0.2) is 21.3 Å². The fourth-order valence-electron chi connectivity index (χ4n) is 0.944. The van der Waals surface area contributed by atoms with Crippen LogP contribution < -0.4 is 0 Å². The second-order valence-electron chi connectivity index (χ2n) is 2.59. The molecular weight excluding hydrogens is 216 g/mol. The molecule has 0 radical (unpaired) electrons. The Kier molecular flexibility index (Phi) is 2.59. The molecule has 0 saturated heterocycles. The second kappa shape index (κ2) is 4.05. The van der Waals surface area contributed by atoms with E-state index in [1.165, 1.54) is 17.4 Å². The van der Waals surface area contributed by atoms with Gasteiger partial charge in [-0.25, -0.2) is 4.79 Å². The van der Waals surface area contributed by atoms with Gasteiger partial charge in [0.1, 0.15) is 0 Å². The molecule has 0 aliphatic carbocycles. The van der Waals surface area contributed by atoms with E-state index in [1.54, 1.807) is 0 Å². The lowest BCUT2D eigenvalue weighted by molar-refractivity contribution is -0.131. The summed E-state index contributed by atoms with van der Waals surface area (Å²) in [5, 5.41) is 17.8. The lowest BCUT2D eigenvalue weighted by Gasteiger charge is -1.83. The van der Waals surface area contributed by atoms with Crippen LogP contribution in [0.3, 0.4) is 0 Å². The summed E-state index contributed by atoms with van der Waals surface area (Å²) in [5.74, 6) is -0.471. The monoisotopic (exact) mass is 222 g/mol. The van der Waals surface area contributed by atoms with E-state index in [1.807, 2.05) is 17.5 Å². The van der Waals surface area contributed by atoms with Gasteiger partial charge in [-0.1, -0.05) is 6.07 Å². The topological polar surface area (TPSA) is 76.2 Å². The van der Waals surface area contributed by atoms with Crippen LogP contribution in [0.15, 0.2) is 28.0 Å². The summed E-state index contributed by atoms with van der Waals surface area (Å²) in [6, 6.07) is 3.72. The van der Waals surface area contributed by atoms with Crippen molar-refractivity contribution >= 4 is 23.4 Å². The highest BCUT2D eigenvalue weighted by Gasteiger charge is 2.06. The van der Waals surface area contributed by atoms with Crippen LogP contribution in [0.2, 0.25) is 0 Å².